The minimum atomic E-state index is -2.21. The largest absolute Gasteiger partial charge is 0.239 e. The lowest BCUT2D eigenvalue weighted by atomic mass is 9.96. The molecule has 0 amide bonds. The van der Waals surface area contributed by atoms with Crippen molar-refractivity contribution in [2.45, 2.75) is 6.17 Å². The molecule has 12 heavy (non-hydrogen) atoms. The summed E-state index contributed by atoms with van der Waals surface area (Å²) in [5.41, 5.74) is 0. The Morgan fingerprint density at radius 3 is 2.42 bits per heavy atom. The van der Waals surface area contributed by atoms with Gasteiger partial charge in [-0.1, -0.05) is 6.08 Å². The Kier molecular flexibility index (Phi) is 2.35. The molecule has 0 saturated heterocycles. The third-order valence-electron chi connectivity index (χ3n) is 1.54. The molecule has 0 aliphatic heterocycles. The highest BCUT2D eigenvalue weighted by molar-refractivity contribution is 5.27. The molecule has 1 aliphatic rings. The molecule has 2 unspecified atom stereocenters. The quantitative estimate of drug-likeness (QED) is 0.426. The van der Waals surface area contributed by atoms with Crippen LogP contribution in [0.3, 0.4) is 0 Å². The third-order valence-corrected chi connectivity index (χ3v) is 1.54. The van der Waals surface area contributed by atoms with Crippen LogP contribution in [0, 0.1) is 12.0 Å². The first-order valence-electron chi connectivity index (χ1n) is 3.19. The second-order valence-corrected chi connectivity index (χ2v) is 2.30. The molecule has 1 rings (SSSR count). The van der Waals surface area contributed by atoms with Crippen molar-refractivity contribution < 1.29 is 17.6 Å². The molecule has 0 bridgehead atoms. The highest BCUT2D eigenvalue weighted by atomic mass is 19.2. The number of hydrogen-bond donors (Lipinski definition) is 0. The van der Waals surface area contributed by atoms with E-state index in [2.05, 4.69) is 6.58 Å². The molecule has 1 aliphatic carbocycles. The highest BCUT2D eigenvalue weighted by Gasteiger charge is 2.33. The molecule has 0 saturated carbocycles. The van der Waals surface area contributed by atoms with Gasteiger partial charge in [0.2, 0.25) is 0 Å². The van der Waals surface area contributed by atoms with Gasteiger partial charge in [-0.25, -0.2) is 17.6 Å². The molecular weight excluding hydrogens is 172 g/mol. The summed E-state index contributed by atoms with van der Waals surface area (Å²) in [5, 5.41) is 0. The SMILES string of the molecule is C=CC1C(F)=C(F)[C]=C(F)C1F. The van der Waals surface area contributed by atoms with E-state index in [4.69, 9.17) is 0 Å². The number of allylic oxidation sites excluding steroid dienone is 5. The van der Waals surface area contributed by atoms with Gasteiger partial charge in [0, 0.05) is 0 Å². The first-order chi connectivity index (χ1) is 5.57. The second-order valence-electron chi connectivity index (χ2n) is 2.30. The van der Waals surface area contributed by atoms with Crippen LogP contribution in [0.1, 0.15) is 0 Å². The van der Waals surface area contributed by atoms with E-state index >= 15 is 0 Å². The maximum atomic E-state index is 12.7. The zero-order valence-corrected chi connectivity index (χ0v) is 5.95. The lowest BCUT2D eigenvalue weighted by Crippen LogP contribution is -2.19. The van der Waals surface area contributed by atoms with Gasteiger partial charge in [0.25, 0.3) is 0 Å². The van der Waals surface area contributed by atoms with E-state index in [1.165, 1.54) is 6.08 Å². The molecular formula is C8H5F4. The van der Waals surface area contributed by atoms with Gasteiger partial charge in [0.1, 0.15) is 11.7 Å². The van der Waals surface area contributed by atoms with E-state index in [0.29, 0.717) is 0 Å². The average Bonchev–Trinajstić information content (AvgIpc) is 2.02. The Bertz CT molecular complexity index is 264. The van der Waals surface area contributed by atoms with Crippen LogP contribution in [0.5, 0.6) is 0 Å². The monoisotopic (exact) mass is 177 g/mol. The van der Waals surface area contributed by atoms with Crippen molar-refractivity contribution in [2.75, 3.05) is 0 Å². The summed E-state index contributed by atoms with van der Waals surface area (Å²) in [6.45, 7) is 3.07. The summed E-state index contributed by atoms with van der Waals surface area (Å²) in [7, 11) is 0. The molecule has 65 valence electrons. The van der Waals surface area contributed by atoms with E-state index in [0.717, 1.165) is 6.08 Å². The molecule has 0 nitrogen and oxygen atoms in total. The van der Waals surface area contributed by atoms with Crippen molar-refractivity contribution >= 4 is 0 Å². The zero-order valence-electron chi connectivity index (χ0n) is 5.95. The first kappa shape index (κ1) is 9.03. The van der Waals surface area contributed by atoms with Crippen LogP contribution in [0.4, 0.5) is 17.6 Å². The Morgan fingerprint density at radius 2 is 1.92 bits per heavy atom. The van der Waals surface area contributed by atoms with E-state index in [1.54, 1.807) is 0 Å². The fourth-order valence-electron chi connectivity index (χ4n) is 0.889. The minimum absolute atomic E-state index is 0.819. The molecule has 4 heteroatoms. The normalized spacial score (nSPS) is 30.2. The zero-order chi connectivity index (χ0) is 9.30. The fraction of sp³-hybridized carbons (Fsp3) is 0.250. The molecule has 0 fully saturated rings. The summed E-state index contributed by atoms with van der Waals surface area (Å²) >= 11 is 0. The van der Waals surface area contributed by atoms with Crippen molar-refractivity contribution in [3.63, 3.8) is 0 Å². The van der Waals surface area contributed by atoms with Crippen molar-refractivity contribution in [2.24, 2.45) is 5.92 Å². The molecule has 1 radical (unpaired) electrons. The van der Waals surface area contributed by atoms with Gasteiger partial charge >= 0.3 is 0 Å². The maximum Gasteiger partial charge on any atom is 0.166 e. The highest BCUT2D eigenvalue weighted by Crippen LogP contribution is 2.34. The number of rotatable bonds is 1. The summed E-state index contributed by atoms with van der Waals surface area (Å²) < 4.78 is 50.0. The van der Waals surface area contributed by atoms with Gasteiger partial charge in [0.05, 0.1) is 12.0 Å². The lowest BCUT2D eigenvalue weighted by molar-refractivity contribution is 0.246. The summed E-state index contributed by atoms with van der Waals surface area (Å²) in [4.78, 5) is 0. The minimum Gasteiger partial charge on any atom is -0.239 e. The van der Waals surface area contributed by atoms with Crippen molar-refractivity contribution in [3.05, 3.63) is 36.2 Å². The molecule has 0 N–H and O–H groups in total. The second kappa shape index (κ2) is 3.13. The Labute approximate surface area is 66.9 Å². The number of halogens is 4. The number of alkyl halides is 1. The van der Waals surface area contributed by atoms with Crippen molar-refractivity contribution in [1.29, 1.82) is 0 Å². The van der Waals surface area contributed by atoms with Gasteiger partial charge < -0.3 is 0 Å². The molecule has 0 aromatic carbocycles. The van der Waals surface area contributed by atoms with E-state index in [-0.39, 0.29) is 0 Å². The van der Waals surface area contributed by atoms with Gasteiger partial charge in [-0.15, -0.1) is 6.58 Å². The summed E-state index contributed by atoms with van der Waals surface area (Å²) in [6.07, 6.45) is -0.0788. The predicted molar refractivity (Wildman–Crippen MR) is 35.7 cm³/mol. The van der Waals surface area contributed by atoms with Crippen LogP contribution in [0.25, 0.3) is 0 Å². The third kappa shape index (κ3) is 1.29. The van der Waals surface area contributed by atoms with Crippen molar-refractivity contribution in [3.8, 4) is 0 Å². The van der Waals surface area contributed by atoms with Crippen LogP contribution in [0.2, 0.25) is 0 Å². The standard InChI is InChI=1S/C8H5F4/c1-2-4-7(11)5(9)3-6(10)8(4)12/h2,4,7H,1H2. The van der Waals surface area contributed by atoms with E-state index in [1.807, 2.05) is 0 Å². The van der Waals surface area contributed by atoms with Gasteiger partial charge in [-0.3, -0.25) is 0 Å². The molecule has 0 heterocycles. The fourth-order valence-corrected chi connectivity index (χ4v) is 0.889. The van der Waals surface area contributed by atoms with Crippen molar-refractivity contribution in [1.82, 2.24) is 0 Å². The topological polar surface area (TPSA) is 0 Å². The van der Waals surface area contributed by atoms with E-state index < -0.39 is 29.6 Å². The lowest BCUT2D eigenvalue weighted by Gasteiger charge is -2.17. The predicted octanol–water partition coefficient (Wildman–Crippen LogP) is 2.95. The summed E-state index contributed by atoms with van der Waals surface area (Å²) in [5.74, 6) is -5.85. The Hall–Kier alpha value is -1.06. The summed E-state index contributed by atoms with van der Waals surface area (Å²) in [6, 6.07) is 0. The molecule has 0 spiro atoms. The molecule has 0 aromatic rings. The molecule has 2 atom stereocenters. The van der Waals surface area contributed by atoms with Crippen LogP contribution in [-0.4, -0.2) is 6.17 Å². The van der Waals surface area contributed by atoms with Crippen LogP contribution in [0.15, 0.2) is 30.1 Å². The van der Waals surface area contributed by atoms with Gasteiger partial charge in [0.15, 0.2) is 12.0 Å². The van der Waals surface area contributed by atoms with Gasteiger partial charge in [-0.2, -0.15) is 0 Å². The number of hydrogen-bond acceptors (Lipinski definition) is 0. The maximum absolute atomic E-state index is 12.7. The molecule has 0 aromatic heterocycles. The van der Waals surface area contributed by atoms with Gasteiger partial charge in [-0.05, 0) is 0 Å². The average molecular weight is 177 g/mol. The van der Waals surface area contributed by atoms with Crippen LogP contribution >= 0.6 is 0 Å². The van der Waals surface area contributed by atoms with E-state index in [9.17, 15) is 17.6 Å². The first-order valence-corrected chi connectivity index (χ1v) is 3.19. The smallest absolute Gasteiger partial charge is 0.166 e. The Morgan fingerprint density at radius 1 is 1.33 bits per heavy atom. The Balaban J connectivity index is 3.07. The van der Waals surface area contributed by atoms with Crippen LogP contribution < -0.4 is 0 Å². The van der Waals surface area contributed by atoms with Crippen LogP contribution in [-0.2, 0) is 0 Å².